The molecule has 1 heterocycles. The molecule has 1 aliphatic heterocycles. The van der Waals surface area contributed by atoms with Gasteiger partial charge in [-0.05, 0) is 24.6 Å². The fourth-order valence-corrected chi connectivity index (χ4v) is 5.13. The van der Waals surface area contributed by atoms with Gasteiger partial charge in [-0.15, -0.1) is 0 Å². The molecule has 4 rings (SSSR count). The van der Waals surface area contributed by atoms with E-state index < -0.39 is 0 Å². The van der Waals surface area contributed by atoms with Crippen molar-refractivity contribution in [1.29, 1.82) is 0 Å². The lowest BCUT2D eigenvalue weighted by molar-refractivity contribution is 0.100. The zero-order chi connectivity index (χ0) is 12.8. The molecule has 100 valence electrons. The molecule has 4 atom stereocenters. The summed E-state index contributed by atoms with van der Waals surface area (Å²) in [7, 11) is 0. The topological polar surface area (TPSA) is 9.23 Å². The minimum absolute atomic E-state index is 0.691. The average molecular weight is 254 g/mol. The lowest BCUT2D eigenvalue weighted by Gasteiger charge is -2.51. The SMILES string of the molecule is CCOC1=CB(C2CCCC2)[C@@H]2[C@@H]3C=CC=C[C@@H]3[C@H]12. The van der Waals surface area contributed by atoms with Gasteiger partial charge in [0.15, 0.2) is 6.71 Å². The molecule has 0 amide bonds. The van der Waals surface area contributed by atoms with Gasteiger partial charge in [0.05, 0.1) is 12.4 Å². The molecule has 2 fully saturated rings. The number of rotatable bonds is 3. The van der Waals surface area contributed by atoms with Crippen molar-refractivity contribution in [3.8, 4) is 0 Å². The first kappa shape index (κ1) is 11.9. The minimum atomic E-state index is 0.691. The van der Waals surface area contributed by atoms with E-state index in [2.05, 4.69) is 37.2 Å². The summed E-state index contributed by atoms with van der Waals surface area (Å²) >= 11 is 0. The first-order valence-corrected chi connectivity index (χ1v) is 8.09. The highest BCUT2D eigenvalue weighted by atomic mass is 16.5. The fourth-order valence-electron chi connectivity index (χ4n) is 5.13. The van der Waals surface area contributed by atoms with Gasteiger partial charge in [0.1, 0.15) is 0 Å². The second kappa shape index (κ2) is 4.57. The third kappa shape index (κ3) is 1.68. The molecule has 0 aromatic heterocycles. The van der Waals surface area contributed by atoms with Crippen LogP contribution in [0.4, 0.5) is 0 Å². The van der Waals surface area contributed by atoms with E-state index in [-0.39, 0.29) is 0 Å². The number of hydrogen-bond donors (Lipinski definition) is 0. The molecule has 1 nitrogen and oxygen atoms in total. The lowest BCUT2D eigenvalue weighted by Crippen LogP contribution is -2.46. The highest BCUT2D eigenvalue weighted by Gasteiger charge is 2.59. The highest BCUT2D eigenvalue weighted by Crippen LogP contribution is 2.63. The van der Waals surface area contributed by atoms with Crippen molar-refractivity contribution in [3.63, 3.8) is 0 Å². The van der Waals surface area contributed by atoms with Crippen molar-refractivity contribution in [2.75, 3.05) is 6.61 Å². The van der Waals surface area contributed by atoms with E-state index in [1.807, 2.05) is 0 Å². The molecule has 19 heavy (non-hydrogen) atoms. The van der Waals surface area contributed by atoms with E-state index in [1.54, 1.807) is 0 Å². The molecule has 4 aliphatic rings. The first-order valence-electron chi connectivity index (χ1n) is 8.09. The van der Waals surface area contributed by atoms with Crippen molar-refractivity contribution >= 4 is 6.71 Å². The zero-order valence-corrected chi connectivity index (χ0v) is 11.8. The van der Waals surface area contributed by atoms with Crippen LogP contribution < -0.4 is 0 Å². The van der Waals surface area contributed by atoms with Crippen LogP contribution in [0.25, 0.3) is 0 Å². The molecular weight excluding hydrogens is 231 g/mol. The van der Waals surface area contributed by atoms with Gasteiger partial charge in [0, 0.05) is 5.92 Å². The summed E-state index contributed by atoms with van der Waals surface area (Å²) in [4.78, 5) is 0. The molecule has 2 heteroatoms. The Kier molecular flexibility index (Phi) is 2.86. The second-order valence-corrected chi connectivity index (χ2v) is 6.65. The van der Waals surface area contributed by atoms with Gasteiger partial charge < -0.3 is 4.74 Å². The van der Waals surface area contributed by atoms with Crippen LogP contribution in [0.5, 0.6) is 0 Å². The van der Waals surface area contributed by atoms with Crippen molar-refractivity contribution in [2.45, 2.75) is 44.2 Å². The van der Waals surface area contributed by atoms with E-state index in [0.717, 1.165) is 36.8 Å². The van der Waals surface area contributed by atoms with Gasteiger partial charge in [-0.2, -0.15) is 0 Å². The normalized spacial score (nSPS) is 39.8. The third-order valence-electron chi connectivity index (χ3n) is 5.88. The van der Waals surface area contributed by atoms with Crippen LogP contribution in [0, 0.1) is 17.8 Å². The Bertz CT molecular complexity index is 444. The molecule has 0 radical (unpaired) electrons. The Labute approximate surface area is 116 Å². The van der Waals surface area contributed by atoms with Crippen LogP contribution in [-0.4, -0.2) is 13.3 Å². The predicted octanol–water partition coefficient (Wildman–Crippen LogP) is 4.26. The molecule has 0 bridgehead atoms. The van der Waals surface area contributed by atoms with Crippen molar-refractivity contribution in [2.24, 2.45) is 17.8 Å². The molecule has 2 saturated carbocycles. The lowest BCUT2D eigenvalue weighted by atomic mass is 9.27. The first-order chi connectivity index (χ1) is 9.40. The smallest absolute Gasteiger partial charge is 0.178 e. The summed E-state index contributed by atoms with van der Waals surface area (Å²) in [6.45, 7) is 3.74. The Morgan fingerprint density at radius 2 is 1.89 bits per heavy atom. The van der Waals surface area contributed by atoms with E-state index in [0.29, 0.717) is 5.92 Å². The quantitative estimate of drug-likeness (QED) is 0.684. The largest absolute Gasteiger partial charge is 0.499 e. The summed E-state index contributed by atoms with van der Waals surface area (Å²) in [5, 5.41) is 0. The van der Waals surface area contributed by atoms with Gasteiger partial charge in [-0.3, -0.25) is 0 Å². The van der Waals surface area contributed by atoms with Crippen molar-refractivity contribution in [1.82, 2.24) is 0 Å². The molecule has 0 aromatic carbocycles. The molecule has 0 aromatic rings. The van der Waals surface area contributed by atoms with Gasteiger partial charge in [0.25, 0.3) is 0 Å². The number of ether oxygens (including phenoxy) is 1. The van der Waals surface area contributed by atoms with Gasteiger partial charge in [-0.25, -0.2) is 0 Å². The van der Waals surface area contributed by atoms with Gasteiger partial charge in [0.2, 0.25) is 0 Å². The minimum Gasteiger partial charge on any atom is -0.499 e. The maximum absolute atomic E-state index is 5.98. The molecule has 3 aliphatic carbocycles. The fraction of sp³-hybridized carbons (Fsp3) is 0.647. The standard InChI is InChI=1S/C17H23BO/c1-2-19-15-11-18(12-7-3-4-8-12)17-14-10-6-5-9-13(14)16(15)17/h5-6,9-14,16-17H,2-4,7-8H2,1H3/t13-,14+,16+,17+/m0/s1. The molecule has 0 unspecified atom stereocenters. The van der Waals surface area contributed by atoms with E-state index in [9.17, 15) is 0 Å². The van der Waals surface area contributed by atoms with E-state index in [4.69, 9.17) is 4.74 Å². The molecule has 0 N–H and O–H groups in total. The van der Waals surface area contributed by atoms with Crippen LogP contribution >= 0.6 is 0 Å². The summed E-state index contributed by atoms with van der Waals surface area (Å²) in [5.41, 5.74) is 0. The number of allylic oxidation sites excluding steroid dienone is 5. The van der Waals surface area contributed by atoms with Crippen LogP contribution in [0.3, 0.4) is 0 Å². The van der Waals surface area contributed by atoms with Crippen LogP contribution in [0.2, 0.25) is 11.6 Å². The monoisotopic (exact) mass is 254 g/mol. The molecule has 0 saturated heterocycles. The maximum atomic E-state index is 5.98. The van der Waals surface area contributed by atoms with Gasteiger partial charge >= 0.3 is 0 Å². The zero-order valence-electron chi connectivity index (χ0n) is 11.8. The third-order valence-corrected chi connectivity index (χ3v) is 5.88. The van der Waals surface area contributed by atoms with E-state index >= 15 is 0 Å². The molecular formula is C17H23BO. The Morgan fingerprint density at radius 3 is 2.63 bits per heavy atom. The van der Waals surface area contributed by atoms with Crippen molar-refractivity contribution in [3.05, 3.63) is 36.0 Å². The summed E-state index contributed by atoms with van der Waals surface area (Å²) in [6, 6.07) is 0. The number of hydrogen-bond acceptors (Lipinski definition) is 1. The summed E-state index contributed by atoms with van der Waals surface area (Å²) in [5.74, 6) is 7.83. The predicted molar refractivity (Wildman–Crippen MR) is 80.2 cm³/mol. The summed E-state index contributed by atoms with van der Waals surface area (Å²) < 4.78 is 5.98. The summed E-state index contributed by atoms with van der Waals surface area (Å²) in [6.07, 6.45) is 15.1. The van der Waals surface area contributed by atoms with E-state index in [1.165, 1.54) is 31.4 Å². The highest BCUT2D eigenvalue weighted by molar-refractivity contribution is 6.69. The number of fused-ring (bicyclic) bond motifs is 4. The van der Waals surface area contributed by atoms with Crippen LogP contribution in [0.1, 0.15) is 32.6 Å². The Hall–Kier alpha value is -0.915. The van der Waals surface area contributed by atoms with Crippen LogP contribution in [0.15, 0.2) is 36.0 Å². The molecule has 0 spiro atoms. The Morgan fingerprint density at radius 1 is 1.16 bits per heavy atom. The van der Waals surface area contributed by atoms with Gasteiger partial charge in [-0.1, -0.05) is 61.8 Å². The Balaban J connectivity index is 1.61. The average Bonchev–Trinajstić information content (AvgIpc) is 3.02. The van der Waals surface area contributed by atoms with Crippen molar-refractivity contribution < 1.29 is 4.74 Å². The second-order valence-electron chi connectivity index (χ2n) is 6.65. The van der Waals surface area contributed by atoms with Crippen LogP contribution in [-0.2, 0) is 4.74 Å². The maximum Gasteiger partial charge on any atom is 0.178 e.